The van der Waals surface area contributed by atoms with E-state index in [2.05, 4.69) is 15.0 Å². The van der Waals surface area contributed by atoms with Crippen LogP contribution in [0, 0.1) is 23.6 Å². The third-order valence-corrected chi connectivity index (χ3v) is 5.64. The van der Waals surface area contributed by atoms with Crippen molar-refractivity contribution in [1.29, 1.82) is 0 Å². The van der Waals surface area contributed by atoms with Crippen LogP contribution in [0.1, 0.15) is 11.1 Å². The second kappa shape index (κ2) is 7.72. The molecule has 0 spiro atoms. The quantitative estimate of drug-likeness (QED) is 0.713. The summed E-state index contributed by atoms with van der Waals surface area (Å²) in [6.07, 6.45) is -4.67. The summed E-state index contributed by atoms with van der Waals surface area (Å²) < 4.78 is 54.6. The summed E-state index contributed by atoms with van der Waals surface area (Å²) in [5.41, 5.74) is 1.49. The first-order valence-electron chi connectivity index (χ1n) is 9.40. The van der Waals surface area contributed by atoms with Gasteiger partial charge in [-0.2, -0.15) is 0 Å². The van der Waals surface area contributed by atoms with Gasteiger partial charge in [0.25, 0.3) is 0 Å². The van der Waals surface area contributed by atoms with Gasteiger partial charge in [0.1, 0.15) is 11.6 Å². The van der Waals surface area contributed by atoms with Crippen LogP contribution < -0.4 is 10.1 Å². The first-order valence-corrected chi connectivity index (χ1v) is 9.40. The van der Waals surface area contributed by atoms with Gasteiger partial charge in [0.2, 0.25) is 0 Å². The summed E-state index contributed by atoms with van der Waals surface area (Å²) in [6, 6.07) is 12.9. The molecule has 3 nitrogen and oxygen atoms in total. The molecule has 2 unspecified atom stereocenters. The van der Waals surface area contributed by atoms with Crippen molar-refractivity contribution in [2.75, 3.05) is 19.6 Å². The van der Waals surface area contributed by atoms with Gasteiger partial charge in [-0.25, -0.2) is 4.39 Å². The molecule has 2 aromatic rings. The Morgan fingerprint density at radius 2 is 1.79 bits per heavy atom. The Kier molecular flexibility index (Phi) is 5.29. The fourth-order valence-corrected chi connectivity index (χ4v) is 4.27. The predicted octanol–water partition coefficient (Wildman–Crippen LogP) is 4.19. The van der Waals surface area contributed by atoms with Gasteiger partial charge >= 0.3 is 6.36 Å². The minimum atomic E-state index is -4.67. The predicted molar refractivity (Wildman–Crippen MR) is 97.0 cm³/mol. The average Bonchev–Trinajstić information content (AvgIpc) is 3.07. The molecular weight excluding hydrogens is 372 g/mol. The van der Waals surface area contributed by atoms with Gasteiger partial charge in [-0.3, -0.25) is 4.90 Å². The van der Waals surface area contributed by atoms with Crippen molar-refractivity contribution in [2.24, 2.45) is 17.8 Å². The highest BCUT2D eigenvalue weighted by Gasteiger charge is 2.54. The number of nitrogens with zero attached hydrogens (tertiary/aromatic N) is 1. The molecule has 0 aromatic heterocycles. The molecule has 7 heteroatoms. The van der Waals surface area contributed by atoms with E-state index in [9.17, 15) is 17.6 Å². The number of alkyl halides is 3. The van der Waals surface area contributed by atoms with Crippen LogP contribution in [0.2, 0.25) is 0 Å². The smallest absolute Gasteiger partial charge is 0.406 e. The summed E-state index contributed by atoms with van der Waals surface area (Å²) in [6.45, 7) is 3.93. The van der Waals surface area contributed by atoms with Crippen LogP contribution in [-0.4, -0.2) is 30.9 Å². The van der Waals surface area contributed by atoms with E-state index in [4.69, 9.17) is 0 Å². The summed E-state index contributed by atoms with van der Waals surface area (Å²) in [5, 5.41) is 3.34. The Labute approximate surface area is 161 Å². The molecule has 1 N–H and O–H groups in total. The largest absolute Gasteiger partial charge is 0.573 e. The van der Waals surface area contributed by atoms with Crippen LogP contribution in [0.3, 0.4) is 0 Å². The van der Waals surface area contributed by atoms with Crippen LogP contribution in [0.15, 0.2) is 48.5 Å². The first kappa shape index (κ1) is 19.2. The standard InChI is InChI=1S/C21H22F4N2O/c22-20-7-2-1-5-15(20)11-27-12-18-17(19(18)13-27)10-26-9-14-4-3-6-16(8-14)28-21(23,24)25/h1-8,17-19,26H,9-13H2. The zero-order chi connectivity index (χ0) is 19.7. The number of ether oxygens (including phenoxy) is 1. The Morgan fingerprint density at radius 3 is 2.50 bits per heavy atom. The highest BCUT2D eigenvalue weighted by Crippen LogP contribution is 2.51. The van der Waals surface area contributed by atoms with E-state index in [0.717, 1.165) is 30.8 Å². The number of rotatable bonds is 7. The van der Waals surface area contributed by atoms with Crippen molar-refractivity contribution in [1.82, 2.24) is 10.2 Å². The van der Waals surface area contributed by atoms with Crippen molar-refractivity contribution in [2.45, 2.75) is 19.5 Å². The fraction of sp³-hybridized carbons (Fsp3) is 0.429. The fourth-order valence-electron chi connectivity index (χ4n) is 4.27. The van der Waals surface area contributed by atoms with E-state index >= 15 is 0 Å². The molecule has 4 rings (SSSR count). The Balaban J connectivity index is 1.20. The van der Waals surface area contributed by atoms with Gasteiger partial charge in [0.15, 0.2) is 0 Å². The highest BCUT2D eigenvalue weighted by molar-refractivity contribution is 5.28. The molecule has 1 saturated carbocycles. The second-order valence-corrected chi connectivity index (χ2v) is 7.60. The zero-order valence-corrected chi connectivity index (χ0v) is 15.3. The Hall–Kier alpha value is -2.12. The number of piperidine rings is 1. The van der Waals surface area contributed by atoms with Crippen molar-refractivity contribution in [3.05, 3.63) is 65.5 Å². The lowest BCUT2D eigenvalue weighted by molar-refractivity contribution is -0.274. The molecule has 1 aliphatic carbocycles. The monoisotopic (exact) mass is 394 g/mol. The number of likely N-dealkylation sites (tertiary alicyclic amines) is 1. The maximum Gasteiger partial charge on any atom is 0.573 e. The lowest BCUT2D eigenvalue weighted by Crippen LogP contribution is -2.27. The Bertz CT molecular complexity index is 814. The summed E-state index contributed by atoms with van der Waals surface area (Å²) in [4.78, 5) is 2.29. The average molecular weight is 394 g/mol. The van der Waals surface area contributed by atoms with Crippen LogP contribution in [0.25, 0.3) is 0 Å². The maximum atomic E-state index is 13.8. The van der Waals surface area contributed by atoms with Crippen molar-refractivity contribution in [3.63, 3.8) is 0 Å². The lowest BCUT2D eigenvalue weighted by atomic mass is 10.2. The second-order valence-electron chi connectivity index (χ2n) is 7.60. The highest BCUT2D eigenvalue weighted by atomic mass is 19.4. The van der Waals surface area contributed by atoms with E-state index in [-0.39, 0.29) is 11.6 Å². The number of halogens is 4. The van der Waals surface area contributed by atoms with Crippen molar-refractivity contribution >= 4 is 0 Å². The van der Waals surface area contributed by atoms with E-state index < -0.39 is 6.36 Å². The third-order valence-electron chi connectivity index (χ3n) is 5.64. The molecule has 2 fully saturated rings. The number of fused-ring (bicyclic) bond motifs is 1. The number of hydrogen-bond donors (Lipinski definition) is 1. The van der Waals surface area contributed by atoms with Gasteiger partial charge < -0.3 is 10.1 Å². The Morgan fingerprint density at radius 1 is 1.04 bits per heavy atom. The van der Waals surface area contributed by atoms with Gasteiger partial charge in [0, 0.05) is 31.7 Å². The van der Waals surface area contributed by atoms with Gasteiger partial charge in [-0.05, 0) is 48.1 Å². The topological polar surface area (TPSA) is 24.5 Å². The number of nitrogens with one attached hydrogen (secondary N) is 1. The molecular formula is C21H22F4N2O. The van der Waals surface area contributed by atoms with Crippen molar-refractivity contribution < 1.29 is 22.3 Å². The third kappa shape index (κ3) is 4.64. The molecule has 1 aliphatic heterocycles. The van der Waals surface area contributed by atoms with Crippen LogP contribution in [-0.2, 0) is 13.1 Å². The molecule has 150 valence electrons. The zero-order valence-electron chi connectivity index (χ0n) is 15.3. The lowest BCUT2D eigenvalue weighted by Gasteiger charge is -2.20. The van der Waals surface area contributed by atoms with Crippen molar-refractivity contribution in [3.8, 4) is 5.75 Å². The van der Waals surface area contributed by atoms with Crippen LogP contribution in [0.4, 0.5) is 17.6 Å². The first-order chi connectivity index (χ1) is 13.4. The molecule has 2 atom stereocenters. The molecule has 28 heavy (non-hydrogen) atoms. The SMILES string of the molecule is Fc1ccccc1CN1CC2C(CNCc3cccc(OC(F)(F)F)c3)C2C1. The van der Waals surface area contributed by atoms with E-state index in [1.165, 1.54) is 18.2 Å². The molecule has 0 radical (unpaired) electrons. The molecule has 1 saturated heterocycles. The summed E-state index contributed by atoms with van der Waals surface area (Å²) >= 11 is 0. The number of hydrogen-bond acceptors (Lipinski definition) is 3. The van der Waals surface area contributed by atoms with E-state index in [0.29, 0.717) is 30.8 Å². The summed E-state index contributed by atoms with van der Waals surface area (Å²) in [7, 11) is 0. The van der Waals surface area contributed by atoms with Gasteiger partial charge in [-0.1, -0.05) is 30.3 Å². The van der Waals surface area contributed by atoms with Gasteiger partial charge in [0.05, 0.1) is 0 Å². The van der Waals surface area contributed by atoms with Crippen LogP contribution in [0.5, 0.6) is 5.75 Å². The van der Waals surface area contributed by atoms with Gasteiger partial charge in [-0.15, -0.1) is 13.2 Å². The minimum Gasteiger partial charge on any atom is -0.406 e. The molecule has 0 bridgehead atoms. The number of benzene rings is 2. The molecule has 2 aromatic carbocycles. The minimum absolute atomic E-state index is 0.155. The normalized spacial score (nSPS) is 24.2. The molecule has 1 heterocycles. The van der Waals surface area contributed by atoms with E-state index in [1.54, 1.807) is 18.2 Å². The summed E-state index contributed by atoms with van der Waals surface area (Å²) in [5.74, 6) is 1.49. The van der Waals surface area contributed by atoms with Crippen LogP contribution >= 0.6 is 0 Å². The molecule has 2 aliphatic rings. The maximum absolute atomic E-state index is 13.8. The molecule has 0 amide bonds. The van der Waals surface area contributed by atoms with E-state index in [1.807, 2.05) is 12.1 Å².